The van der Waals surface area contributed by atoms with E-state index in [-0.39, 0.29) is 0 Å². The zero-order valence-electron chi connectivity index (χ0n) is 22.0. The van der Waals surface area contributed by atoms with Gasteiger partial charge >= 0.3 is 24.3 Å². The fourth-order valence-corrected chi connectivity index (χ4v) is 3.62. The lowest BCUT2D eigenvalue weighted by molar-refractivity contribution is -0.193. The Kier molecular flexibility index (Phi) is 11.1. The van der Waals surface area contributed by atoms with Gasteiger partial charge in [0.15, 0.2) is 0 Å². The molecule has 0 unspecified atom stereocenters. The largest absolute Gasteiger partial charge is 0.490 e. The van der Waals surface area contributed by atoms with Crippen LogP contribution in [0.4, 0.5) is 26.3 Å². The Balaban J connectivity index is 0.000000349. The van der Waals surface area contributed by atoms with Gasteiger partial charge in [0, 0.05) is 25.2 Å². The number of alkyl halides is 6. The van der Waals surface area contributed by atoms with Crippen molar-refractivity contribution < 1.29 is 50.6 Å². The molecule has 3 heterocycles. The van der Waals surface area contributed by atoms with Crippen molar-refractivity contribution in [3.05, 3.63) is 60.1 Å². The van der Waals surface area contributed by atoms with E-state index in [2.05, 4.69) is 39.5 Å². The van der Waals surface area contributed by atoms with Crippen molar-refractivity contribution in [2.45, 2.75) is 57.2 Å². The van der Waals surface area contributed by atoms with Gasteiger partial charge in [-0.1, -0.05) is 23.4 Å². The average molecular weight is 594 g/mol. The number of rotatable bonds is 5. The lowest BCUT2D eigenvalue weighted by Crippen LogP contribution is -2.34. The van der Waals surface area contributed by atoms with E-state index in [4.69, 9.17) is 30.0 Å². The van der Waals surface area contributed by atoms with Gasteiger partial charge in [0.05, 0.1) is 24.0 Å². The van der Waals surface area contributed by atoms with E-state index in [0.717, 1.165) is 49.5 Å². The first-order chi connectivity index (χ1) is 18.9. The number of carboxylic acid groups (broad SMARTS) is 2. The molecule has 0 atom stereocenters. The number of aromatic nitrogens is 3. The molecule has 1 saturated heterocycles. The summed E-state index contributed by atoms with van der Waals surface area (Å²) in [5, 5.41) is 22.8. The number of furan rings is 1. The Morgan fingerprint density at radius 3 is 2.00 bits per heavy atom. The number of nitrogens with zero attached hydrogens (tertiary/aromatic N) is 4. The molecule has 1 aromatic carbocycles. The van der Waals surface area contributed by atoms with E-state index in [9.17, 15) is 26.3 Å². The summed E-state index contributed by atoms with van der Waals surface area (Å²) in [4.78, 5) is 20.3. The first-order valence-corrected chi connectivity index (χ1v) is 12.0. The number of carboxylic acids is 2. The van der Waals surface area contributed by atoms with E-state index in [1.807, 2.05) is 36.9 Å². The van der Waals surface area contributed by atoms with Gasteiger partial charge in [0.1, 0.15) is 11.5 Å². The molecule has 0 radical (unpaired) electrons. The molecule has 0 aliphatic carbocycles. The van der Waals surface area contributed by atoms with E-state index in [1.165, 1.54) is 5.56 Å². The van der Waals surface area contributed by atoms with Gasteiger partial charge in [-0.05, 0) is 50.5 Å². The second-order valence-electron chi connectivity index (χ2n) is 9.60. The molecular weight excluding hydrogens is 564 g/mol. The highest BCUT2D eigenvalue weighted by Gasteiger charge is 2.38. The number of likely N-dealkylation sites (tertiary alicyclic amines) is 1. The summed E-state index contributed by atoms with van der Waals surface area (Å²) >= 11 is 0. The van der Waals surface area contributed by atoms with Crippen LogP contribution in [-0.4, -0.2) is 67.5 Å². The number of piperidine rings is 1. The molecule has 226 valence electrons. The Bertz CT molecular complexity index is 1240. The molecule has 1 fully saturated rings. The Hall–Kier alpha value is -3.92. The summed E-state index contributed by atoms with van der Waals surface area (Å²) in [5.74, 6) is -4.60. The van der Waals surface area contributed by atoms with Gasteiger partial charge in [-0.25, -0.2) is 14.3 Å². The molecule has 1 aliphatic heterocycles. The van der Waals surface area contributed by atoms with Crippen LogP contribution in [0.25, 0.3) is 11.3 Å². The third-order valence-electron chi connectivity index (χ3n) is 5.73. The van der Waals surface area contributed by atoms with Crippen LogP contribution < -0.4 is 5.73 Å². The van der Waals surface area contributed by atoms with Crippen molar-refractivity contribution in [2.24, 2.45) is 5.73 Å². The number of nitrogens with two attached hydrogens (primary N) is 1. The quantitative estimate of drug-likeness (QED) is 0.354. The molecule has 0 saturated carbocycles. The molecule has 4 rings (SSSR count). The molecule has 2 aromatic heterocycles. The molecule has 16 heteroatoms. The first kappa shape index (κ1) is 33.3. The van der Waals surface area contributed by atoms with Gasteiger partial charge in [-0.3, -0.25) is 4.90 Å². The van der Waals surface area contributed by atoms with Gasteiger partial charge in [-0.15, -0.1) is 5.10 Å². The highest BCUT2D eigenvalue weighted by Crippen LogP contribution is 2.26. The van der Waals surface area contributed by atoms with E-state index in [1.54, 1.807) is 6.26 Å². The maximum Gasteiger partial charge on any atom is 0.490 e. The van der Waals surface area contributed by atoms with Crippen molar-refractivity contribution in [3.8, 4) is 11.3 Å². The number of hydrogen-bond acceptors (Lipinski definition) is 7. The highest BCUT2D eigenvalue weighted by molar-refractivity contribution is 5.73. The predicted octanol–water partition coefficient (Wildman–Crippen LogP) is 4.84. The molecule has 10 nitrogen and oxygen atoms in total. The molecular formula is C25H29F6N5O5. The van der Waals surface area contributed by atoms with Crippen LogP contribution in [0.5, 0.6) is 0 Å². The van der Waals surface area contributed by atoms with Gasteiger partial charge < -0.3 is 20.4 Å². The summed E-state index contributed by atoms with van der Waals surface area (Å²) in [5.41, 5.74) is 8.97. The minimum absolute atomic E-state index is 0.402. The number of benzene rings is 1. The van der Waals surface area contributed by atoms with Crippen LogP contribution in [0.3, 0.4) is 0 Å². The minimum atomic E-state index is -5.08. The summed E-state index contributed by atoms with van der Waals surface area (Å²) in [6.07, 6.45) is -4.29. The fourth-order valence-electron chi connectivity index (χ4n) is 3.62. The van der Waals surface area contributed by atoms with Crippen LogP contribution in [-0.2, 0) is 21.7 Å². The zero-order valence-corrected chi connectivity index (χ0v) is 22.0. The third kappa shape index (κ3) is 10.9. The summed E-state index contributed by atoms with van der Waals surface area (Å²) < 4.78 is 71.0. The zero-order chi connectivity index (χ0) is 31.0. The van der Waals surface area contributed by atoms with Crippen LogP contribution in [0.15, 0.2) is 53.3 Å². The van der Waals surface area contributed by atoms with Crippen molar-refractivity contribution in [1.82, 2.24) is 19.9 Å². The Morgan fingerprint density at radius 2 is 1.56 bits per heavy atom. The molecule has 41 heavy (non-hydrogen) atoms. The maximum absolute atomic E-state index is 10.6. The fraction of sp³-hybridized carbons (Fsp3) is 0.440. The Labute approximate surface area is 230 Å². The second-order valence-corrected chi connectivity index (χ2v) is 9.60. The minimum Gasteiger partial charge on any atom is -0.475 e. The normalized spacial score (nSPS) is 14.9. The lowest BCUT2D eigenvalue weighted by Gasteiger charge is -2.31. The van der Waals surface area contributed by atoms with Crippen LogP contribution >= 0.6 is 0 Å². The number of halogens is 6. The van der Waals surface area contributed by atoms with Gasteiger partial charge in [-0.2, -0.15) is 26.3 Å². The van der Waals surface area contributed by atoms with E-state index < -0.39 is 29.8 Å². The monoisotopic (exact) mass is 593 g/mol. The van der Waals surface area contributed by atoms with Gasteiger partial charge in [0.25, 0.3) is 0 Å². The van der Waals surface area contributed by atoms with Crippen LogP contribution in [0, 0.1) is 0 Å². The summed E-state index contributed by atoms with van der Waals surface area (Å²) in [7, 11) is 0. The van der Waals surface area contributed by atoms with E-state index in [0.29, 0.717) is 6.04 Å². The maximum atomic E-state index is 10.6. The van der Waals surface area contributed by atoms with Crippen LogP contribution in [0.1, 0.15) is 44.0 Å². The number of carbonyl (C=O) groups is 2. The predicted molar refractivity (Wildman–Crippen MR) is 132 cm³/mol. The smallest absolute Gasteiger partial charge is 0.475 e. The molecule has 0 spiro atoms. The van der Waals surface area contributed by atoms with Gasteiger partial charge in [0.2, 0.25) is 0 Å². The summed E-state index contributed by atoms with van der Waals surface area (Å²) in [6, 6.07) is 12.9. The van der Waals surface area contributed by atoms with Crippen molar-refractivity contribution in [3.63, 3.8) is 0 Å². The van der Waals surface area contributed by atoms with Crippen molar-refractivity contribution in [2.75, 3.05) is 13.1 Å². The SMILES string of the molecule is CC(C)(N)c1cn(C2CCN(Cc3cccc(-c4ccco4)c3)CC2)nn1.O=C(O)C(F)(F)F.O=C(O)C(F)(F)F. The summed E-state index contributed by atoms with van der Waals surface area (Å²) in [6.45, 7) is 6.98. The standard InChI is InChI=1S/C21H27N5O.2C2HF3O2/c1-21(2,22)20-15-26(24-23-20)18-8-10-25(11-9-18)14-16-5-3-6-17(13-16)19-7-4-12-27-19;2*3-2(4,5)1(6)7/h3-7,12-13,15,18H,8-11,14,22H2,1-2H3;2*(H,6,7). The topological polar surface area (TPSA) is 148 Å². The molecule has 0 bridgehead atoms. The lowest BCUT2D eigenvalue weighted by atomic mass is 10.0. The highest BCUT2D eigenvalue weighted by atomic mass is 19.4. The number of aliphatic carboxylic acids is 2. The van der Waals surface area contributed by atoms with E-state index >= 15 is 0 Å². The molecule has 1 aliphatic rings. The third-order valence-corrected chi connectivity index (χ3v) is 5.73. The first-order valence-electron chi connectivity index (χ1n) is 12.0. The molecule has 4 N–H and O–H groups in total. The molecule has 3 aromatic rings. The molecule has 0 amide bonds. The second kappa shape index (κ2) is 13.6. The van der Waals surface area contributed by atoms with Crippen LogP contribution in [0.2, 0.25) is 0 Å². The van der Waals surface area contributed by atoms with Crippen molar-refractivity contribution >= 4 is 11.9 Å². The average Bonchev–Trinajstić information content (AvgIpc) is 3.57. The van der Waals surface area contributed by atoms with Crippen molar-refractivity contribution in [1.29, 1.82) is 0 Å². The Morgan fingerprint density at radius 1 is 1.00 bits per heavy atom. The number of hydrogen-bond donors (Lipinski definition) is 3.